The van der Waals surface area contributed by atoms with Gasteiger partial charge in [0.1, 0.15) is 25.1 Å². The number of hydroxylamine groups is 2. The zero-order valence-electron chi connectivity index (χ0n) is 22.9. The summed E-state index contributed by atoms with van der Waals surface area (Å²) in [6, 6.07) is 2.22. The summed E-state index contributed by atoms with van der Waals surface area (Å²) in [6.07, 6.45) is 8.23. The summed E-state index contributed by atoms with van der Waals surface area (Å²) >= 11 is 0. The van der Waals surface area contributed by atoms with Crippen LogP contribution in [0.2, 0.25) is 51.4 Å². The van der Waals surface area contributed by atoms with E-state index in [1.54, 1.807) is 19.4 Å². The van der Waals surface area contributed by atoms with Crippen LogP contribution in [0.5, 0.6) is 0 Å². The first-order valence-electron chi connectivity index (χ1n) is 12.4. The first-order valence-corrected chi connectivity index (χ1v) is 19.8. The van der Waals surface area contributed by atoms with Crippen LogP contribution >= 0.6 is 0 Å². The average molecular weight is 524 g/mol. The zero-order chi connectivity index (χ0) is 26.1. The SMILES string of the molecule is CON(C)C(=O)C(Cc1nccn1COCC[Si](C)(C)C)Cc1nccn1COCC[Si](C)(C)C. The Balaban J connectivity index is 2.06. The number of carbonyl (C=O) groups is 1. The van der Waals surface area contributed by atoms with Crippen LogP contribution in [0.3, 0.4) is 0 Å². The Labute approximate surface area is 212 Å². The molecule has 0 saturated heterocycles. The van der Waals surface area contributed by atoms with Crippen molar-refractivity contribution < 1.29 is 19.1 Å². The van der Waals surface area contributed by atoms with Gasteiger partial charge in [0.25, 0.3) is 0 Å². The fourth-order valence-corrected chi connectivity index (χ4v) is 4.93. The molecule has 0 saturated carbocycles. The molecule has 0 radical (unpaired) electrons. The Morgan fingerprint density at radius 2 is 1.31 bits per heavy atom. The monoisotopic (exact) mass is 523 g/mol. The van der Waals surface area contributed by atoms with Crippen molar-refractivity contribution in [1.82, 2.24) is 24.2 Å². The van der Waals surface area contributed by atoms with E-state index in [0.717, 1.165) is 37.0 Å². The number of hydrogen-bond acceptors (Lipinski definition) is 6. The minimum atomic E-state index is -1.15. The highest BCUT2D eigenvalue weighted by molar-refractivity contribution is 6.76. The summed E-state index contributed by atoms with van der Waals surface area (Å²) < 4.78 is 15.8. The van der Waals surface area contributed by atoms with Crippen molar-refractivity contribution in [3.8, 4) is 0 Å². The third kappa shape index (κ3) is 10.8. The van der Waals surface area contributed by atoms with E-state index in [0.29, 0.717) is 26.3 Å². The van der Waals surface area contributed by atoms with Crippen molar-refractivity contribution in [3.05, 3.63) is 36.4 Å². The van der Waals surface area contributed by atoms with Gasteiger partial charge >= 0.3 is 0 Å². The Hall–Kier alpha value is -1.80. The predicted molar refractivity (Wildman–Crippen MR) is 143 cm³/mol. The molecule has 11 heteroatoms. The van der Waals surface area contributed by atoms with Gasteiger partial charge in [-0.3, -0.25) is 9.63 Å². The van der Waals surface area contributed by atoms with Crippen LogP contribution in [0.1, 0.15) is 11.6 Å². The molecule has 9 nitrogen and oxygen atoms in total. The van der Waals surface area contributed by atoms with Crippen molar-refractivity contribution in [2.24, 2.45) is 5.92 Å². The van der Waals surface area contributed by atoms with Gasteiger partial charge in [0.05, 0.1) is 13.0 Å². The van der Waals surface area contributed by atoms with Crippen LogP contribution in [0.4, 0.5) is 0 Å². The number of ether oxygens (including phenoxy) is 2. The molecule has 2 aromatic heterocycles. The van der Waals surface area contributed by atoms with E-state index in [4.69, 9.17) is 14.3 Å². The summed E-state index contributed by atoms with van der Waals surface area (Å²) in [4.78, 5) is 27.4. The van der Waals surface area contributed by atoms with Gasteiger partial charge in [0.15, 0.2) is 0 Å². The van der Waals surface area contributed by atoms with E-state index in [1.165, 1.54) is 12.2 Å². The number of carbonyl (C=O) groups excluding carboxylic acids is 1. The molecule has 0 aromatic carbocycles. The van der Waals surface area contributed by atoms with E-state index in [9.17, 15) is 4.79 Å². The van der Waals surface area contributed by atoms with Gasteiger partial charge in [-0.2, -0.15) is 0 Å². The molecule has 198 valence electrons. The lowest BCUT2D eigenvalue weighted by molar-refractivity contribution is -0.173. The molecule has 0 bridgehead atoms. The Morgan fingerprint density at radius 1 is 0.886 bits per heavy atom. The summed E-state index contributed by atoms with van der Waals surface area (Å²) in [5, 5.41) is 1.28. The van der Waals surface area contributed by atoms with Crippen molar-refractivity contribution >= 4 is 22.1 Å². The molecule has 0 aliphatic rings. The van der Waals surface area contributed by atoms with E-state index in [2.05, 4.69) is 49.3 Å². The van der Waals surface area contributed by atoms with Crippen LogP contribution in [-0.2, 0) is 45.4 Å². The number of nitrogens with zero attached hydrogens (tertiary/aromatic N) is 5. The molecular weight excluding hydrogens is 478 g/mol. The molecule has 0 aliphatic heterocycles. The molecule has 0 fully saturated rings. The maximum absolute atomic E-state index is 13.2. The highest BCUT2D eigenvalue weighted by Crippen LogP contribution is 2.17. The molecule has 2 aromatic rings. The minimum absolute atomic E-state index is 0.115. The van der Waals surface area contributed by atoms with Gasteiger partial charge in [0, 0.05) is 74.0 Å². The average Bonchev–Trinajstić information content (AvgIpc) is 3.40. The molecule has 0 spiro atoms. The maximum atomic E-state index is 13.2. The van der Waals surface area contributed by atoms with Crippen LogP contribution in [0.15, 0.2) is 24.8 Å². The Kier molecular flexibility index (Phi) is 11.3. The van der Waals surface area contributed by atoms with Crippen molar-refractivity contribution in [1.29, 1.82) is 0 Å². The highest BCUT2D eigenvalue weighted by Gasteiger charge is 2.27. The van der Waals surface area contributed by atoms with E-state index in [-0.39, 0.29) is 11.8 Å². The van der Waals surface area contributed by atoms with Crippen molar-refractivity contribution in [3.63, 3.8) is 0 Å². The molecule has 2 heterocycles. The summed E-state index contributed by atoms with van der Waals surface area (Å²) in [6.45, 7) is 16.3. The molecule has 2 rings (SSSR count). The number of aromatic nitrogens is 4. The van der Waals surface area contributed by atoms with Gasteiger partial charge < -0.3 is 18.6 Å². The van der Waals surface area contributed by atoms with Crippen LogP contribution in [0, 0.1) is 5.92 Å². The lowest BCUT2D eigenvalue weighted by Gasteiger charge is -2.22. The highest BCUT2D eigenvalue weighted by atomic mass is 28.3. The smallest absolute Gasteiger partial charge is 0.249 e. The largest absolute Gasteiger partial charge is 0.361 e. The lowest BCUT2D eigenvalue weighted by Crippen LogP contribution is -2.35. The van der Waals surface area contributed by atoms with Crippen LogP contribution in [0.25, 0.3) is 0 Å². The van der Waals surface area contributed by atoms with Gasteiger partial charge in [-0.15, -0.1) is 0 Å². The van der Waals surface area contributed by atoms with E-state index >= 15 is 0 Å². The second kappa shape index (κ2) is 13.5. The third-order valence-electron chi connectivity index (χ3n) is 5.85. The Morgan fingerprint density at radius 3 is 1.69 bits per heavy atom. The first-order chi connectivity index (χ1) is 16.4. The first kappa shape index (κ1) is 29.4. The zero-order valence-corrected chi connectivity index (χ0v) is 24.9. The summed E-state index contributed by atoms with van der Waals surface area (Å²) in [7, 11) is 0.835. The molecule has 1 amide bonds. The molecule has 0 atom stereocenters. The molecule has 0 aliphatic carbocycles. The maximum Gasteiger partial charge on any atom is 0.249 e. The van der Waals surface area contributed by atoms with Gasteiger partial charge in [-0.1, -0.05) is 39.3 Å². The second-order valence-corrected chi connectivity index (χ2v) is 22.7. The third-order valence-corrected chi connectivity index (χ3v) is 9.26. The van der Waals surface area contributed by atoms with Gasteiger partial charge in [0.2, 0.25) is 5.91 Å². The number of rotatable bonds is 16. The summed E-state index contributed by atoms with van der Waals surface area (Å²) in [5.74, 6) is 1.12. The minimum Gasteiger partial charge on any atom is -0.361 e. The van der Waals surface area contributed by atoms with Crippen molar-refractivity contribution in [2.45, 2.75) is 77.7 Å². The van der Waals surface area contributed by atoms with E-state index in [1.807, 2.05) is 21.5 Å². The number of imidazole rings is 2. The lowest BCUT2D eigenvalue weighted by atomic mass is 9.99. The number of hydrogen-bond donors (Lipinski definition) is 0. The number of amides is 1. The normalized spacial score (nSPS) is 12.5. The quantitative estimate of drug-likeness (QED) is 0.187. The molecule has 35 heavy (non-hydrogen) atoms. The second-order valence-electron chi connectivity index (χ2n) is 11.4. The van der Waals surface area contributed by atoms with Crippen LogP contribution in [-0.4, -0.2) is 73.6 Å². The predicted octanol–water partition coefficient (Wildman–Crippen LogP) is 4.13. The van der Waals surface area contributed by atoms with Gasteiger partial charge in [-0.05, 0) is 12.1 Å². The molecule has 0 N–H and O–H groups in total. The van der Waals surface area contributed by atoms with E-state index < -0.39 is 16.1 Å². The van der Waals surface area contributed by atoms with Gasteiger partial charge in [-0.25, -0.2) is 15.0 Å². The summed E-state index contributed by atoms with van der Waals surface area (Å²) in [5.41, 5.74) is 0. The Bertz CT molecular complexity index is 842. The van der Waals surface area contributed by atoms with Crippen molar-refractivity contribution in [2.75, 3.05) is 27.4 Å². The van der Waals surface area contributed by atoms with Crippen LogP contribution < -0.4 is 0 Å². The topological polar surface area (TPSA) is 83.6 Å². The molecule has 0 unspecified atom stereocenters. The fraction of sp³-hybridized carbons (Fsp3) is 0.708. The fourth-order valence-electron chi connectivity index (χ4n) is 3.41. The molecular formula is C24H45N5O4Si2. The standard InChI is InChI=1S/C24H45N5O4Si2/c1-27(31-2)24(30)21(17-22-25-9-11-28(22)19-32-13-15-34(3,4)5)18-23-26-10-12-29(23)20-33-14-16-35(6,7)8/h9-12,21H,13-20H2,1-8H3.